The smallest absolute Gasteiger partial charge is 0.418 e. The van der Waals surface area contributed by atoms with E-state index in [9.17, 15) is 0 Å². The summed E-state index contributed by atoms with van der Waals surface area (Å²) in [6.07, 6.45) is 7.55. The largest absolute Gasteiger partial charge is 0.469 e. The fraction of sp³-hybridized carbons (Fsp3) is 1.00. The SMILES string of the molecule is CCO[Si](C)(C)CCCCCCCC[Si](O[Si](C)(C)C(C)(C)C)(O[Si](C)(C)C(C)(C)C)O[Si](C)(C)C(C)(C)C. The quantitative estimate of drug-likeness (QED) is 0.118. The Morgan fingerprint density at radius 1 is 0.436 bits per heavy atom. The molecule has 0 unspecified atom stereocenters. The lowest BCUT2D eigenvalue weighted by atomic mass is 10.1. The second-order valence-electron chi connectivity index (χ2n) is 17.1. The van der Waals surface area contributed by atoms with Gasteiger partial charge in [-0.15, -0.1) is 0 Å². The lowest BCUT2D eigenvalue weighted by Crippen LogP contribution is -2.65. The summed E-state index contributed by atoms with van der Waals surface area (Å²) in [6.45, 7) is 43.0. The molecule has 0 saturated carbocycles. The first-order valence-electron chi connectivity index (χ1n) is 15.9. The number of hydrogen-bond donors (Lipinski definition) is 0. The van der Waals surface area contributed by atoms with Gasteiger partial charge in [-0.3, -0.25) is 0 Å². The first-order valence-corrected chi connectivity index (χ1v) is 29.7. The number of hydrogen-bond acceptors (Lipinski definition) is 4. The van der Waals surface area contributed by atoms with Crippen LogP contribution < -0.4 is 0 Å². The third-order valence-electron chi connectivity index (χ3n) is 9.70. The summed E-state index contributed by atoms with van der Waals surface area (Å²) in [5, 5.41) is 0.326. The van der Waals surface area contributed by atoms with Crippen molar-refractivity contribution in [3.05, 3.63) is 0 Å². The summed E-state index contributed by atoms with van der Waals surface area (Å²) < 4.78 is 28.4. The molecule has 0 aliphatic carbocycles. The summed E-state index contributed by atoms with van der Waals surface area (Å²) >= 11 is 0. The summed E-state index contributed by atoms with van der Waals surface area (Å²) in [5.41, 5.74) is 0. The van der Waals surface area contributed by atoms with Crippen molar-refractivity contribution in [3.63, 3.8) is 0 Å². The topological polar surface area (TPSA) is 36.9 Å². The van der Waals surface area contributed by atoms with Crippen molar-refractivity contribution in [3.8, 4) is 0 Å². The van der Waals surface area contributed by atoms with Gasteiger partial charge in [-0.2, -0.15) is 0 Å². The minimum Gasteiger partial charge on any atom is -0.418 e. The second-order valence-corrected chi connectivity index (χ2v) is 39.3. The average molecular weight is 637 g/mol. The maximum absolute atomic E-state index is 7.45. The molecule has 9 heteroatoms. The molecule has 0 heterocycles. The molecule has 39 heavy (non-hydrogen) atoms. The van der Waals surface area contributed by atoms with Crippen LogP contribution >= 0.6 is 0 Å². The van der Waals surface area contributed by atoms with E-state index in [1.54, 1.807) is 0 Å². The lowest BCUT2D eigenvalue weighted by Gasteiger charge is -2.52. The van der Waals surface area contributed by atoms with Gasteiger partial charge < -0.3 is 16.8 Å². The molecule has 0 rings (SSSR count). The Labute approximate surface area is 252 Å². The normalized spacial score (nSPS) is 15.2. The van der Waals surface area contributed by atoms with Gasteiger partial charge in [0.25, 0.3) is 0 Å². The summed E-state index contributed by atoms with van der Waals surface area (Å²) in [6, 6.07) is 2.22. The number of unbranched alkanes of at least 4 members (excludes halogenated alkanes) is 5. The van der Waals surface area contributed by atoms with Crippen LogP contribution in [0.25, 0.3) is 0 Å². The summed E-state index contributed by atoms with van der Waals surface area (Å²) in [5.74, 6) is 0. The molecular weight excluding hydrogens is 565 g/mol. The maximum atomic E-state index is 7.45. The summed E-state index contributed by atoms with van der Waals surface area (Å²) in [7, 11) is -10.8. The van der Waals surface area contributed by atoms with Gasteiger partial charge in [0.15, 0.2) is 33.3 Å². The van der Waals surface area contributed by atoms with Crippen LogP contribution in [-0.2, 0) is 16.8 Å². The van der Waals surface area contributed by atoms with E-state index in [0.29, 0.717) is 0 Å². The average Bonchev–Trinajstić information content (AvgIpc) is 2.66. The Hall–Kier alpha value is 0.924. The van der Waals surface area contributed by atoms with Crippen LogP contribution in [0.3, 0.4) is 0 Å². The Balaban J connectivity index is 5.90. The zero-order valence-corrected chi connectivity index (χ0v) is 35.0. The Bertz CT molecular complexity index is 647. The first kappa shape index (κ1) is 39.9. The molecule has 4 nitrogen and oxygen atoms in total. The van der Waals surface area contributed by atoms with Gasteiger partial charge in [0.1, 0.15) is 0 Å². The zero-order valence-electron chi connectivity index (χ0n) is 30.0. The fourth-order valence-corrected chi connectivity index (χ4v) is 22.5. The molecule has 0 aliphatic rings. The van der Waals surface area contributed by atoms with E-state index in [4.69, 9.17) is 16.8 Å². The van der Waals surface area contributed by atoms with Crippen LogP contribution in [0.1, 0.15) is 108 Å². The van der Waals surface area contributed by atoms with Gasteiger partial charge in [0.2, 0.25) is 0 Å². The van der Waals surface area contributed by atoms with Crippen molar-refractivity contribution >= 4 is 42.1 Å². The molecule has 236 valence electrons. The summed E-state index contributed by atoms with van der Waals surface area (Å²) in [4.78, 5) is 0. The van der Waals surface area contributed by atoms with E-state index in [0.717, 1.165) is 19.1 Å². The van der Waals surface area contributed by atoms with E-state index in [2.05, 4.69) is 122 Å². The van der Waals surface area contributed by atoms with E-state index in [1.165, 1.54) is 38.1 Å². The highest BCUT2D eigenvalue weighted by atomic mass is 28.5. The van der Waals surface area contributed by atoms with Crippen LogP contribution in [-0.4, -0.2) is 48.7 Å². The predicted molar refractivity (Wildman–Crippen MR) is 187 cm³/mol. The molecule has 0 saturated heterocycles. The third-order valence-corrected chi connectivity index (χ3v) is 34.0. The highest BCUT2D eigenvalue weighted by Crippen LogP contribution is 2.47. The van der Waals surface area contributed by atoms with Crippen molar-refractivity contribution in [1.29, 1.82) is 0 Å². The van der Waals surface area contributed by atoms with Gasteiger partial charge in [0, 0.05) is 12.7 Å². The predicted octanol–water partition coefficient (Wildman–Crippen LogP) is 11.6. The molecule has 0 atom stereocenters. The van der Waals surface area contributed by atoms with Crippen LogP contribution in [0.15, 0.2) is 0 Å². The van der Waals surface area contributed by atoms with Crippen LogP contribution in [0.5, 0.6) is 0 Å². The molecule has 0 amide bonds. The highest BCUT2D eigenvalue weighted by molar-refractivity contribution is 6.92. The fourth-order valence-electron chi connectivity index (χ4n) is 3.90. The van der Waals surface area contributed by atoms with E-state index >= 15 is 0 Å². The van der Waals surface area contributed by atoms with E-state index in [1.807, 2.05) is 0 Å². The maximum Gasteiger partial charge on any atom is 0.469 e. The van der Waals surface area contributed by atoms with Crippen LogP contribution in [0.2, 0.25) is 79.6 Å². The molecule has 0 aromatic heterocycles. The Kier molecular flexibility index (Phi) is 14.9. The van der Waals surface area contributed by atoms with Gasteiger partial charge in [-0.05, 0) is 86.9 Å². The van der Waals surface area contributed by atoms with Crippen molar-refractivity contribution in [1.82, 2.24) is 0 Å². The molecule has 0 spiro atoms. The Morgan fingerprint density at radius 3 is 1.00 bits per heavy atom. The molecule has 0 aromatic rings. The zero-order chi connectivity index (χ0) is 31.2. The molecule has 0 bridgehead atoms. The van der Waals surface area contributed by atoms with Crippen LogP contribution in [0, 0.1) is 0 Å². The molecule has 0 fully saturated rings. The standard InChI is InChI=1S/C30H72O4Si5/c1-19-31-35(11,12)26-24-22-20-21-23-25-27-39(32-36(13,14)28(2,3)4,33-37(15,16)29(5,6)7)34-38(17,18)30(8,9)10/h19-27H2,1-18H3. The molecule has 0 N–H and O–H groups in total. The first-order chi connectivity index (χ1) is 17.1. The molecule has 0 aromatic carbocycles. The van der Waals surface area contributed by atoms with Crippen molar-refractivity contribution < 1.29 is 16.8 Å². The van der Waals surface area contributed by atoms with Gasteiger partial charge in [0.05, 0.1) is 0 Å². The molecule has 0 radical (unpaired) electrons. The van der Waals surface area contributed by atoms with Crippen LogP contribution in [0.4, 0.5) is 0 Å². The van der Waals surface area contributed by atoms with Crippen molar-refractivity contribution in [2.45, 2.75) is 187 Å². The van der Waals surface area contributed by atoms with Crippen molar-refractivity contribution in [2.75, 3.05) is 6.61 Å². The minimum atomic E-state index is -2.97. The van der Waals surface area contributed by atoms with Gasteiger partial charge in [-0.25, -0.2) is 0 Å². The lowest BCUT2D eigenvalue weighted by molar-refractivity contribution is 0.227. The monoisotopic (exact) mass is 636 g/mol. The highest BCUT2D eigenvalue weighted by Gasteiger charge is 2.57. The molecular formula is C30H72O4Si5. The van der Waals surface area contributed by atoms with Gasteiger partial charge >= 0.3 is 8.80 Å². The number of rotatable bonds is 17. The second kappa shape index (κ2) is 14.6. The molecule has 0 aliphatic heterocycles. The minimum absolute atomic E-state index is 0.109. The van der Waals surface area contributed by atoms with E-state index < -0.39 is 42.1 Å². The van der Waals surface area contributed by atoms with E-state index in [-0.39, 0.29) is 15.1 Å². The van der Waals surface area contributed by atoms with Gasteiger partial charge in [-0.1, -0.05) is 94.4 Å². The van der Waals surface area contributed by atoms with Crippen molar-refractivity contribution in [2.24, 2.45) is 0 Å². The Morgan fingerprint density at radius 2 is 0.718 bits per heavy atom. The third kappa shape index (κ3) is 13.4.